The molecule has 0 amide bonds. The van der Waals surface area contributed by atoms with E-state index in [1.54, 1.807) is 24.3 Å². The Morgan fingerprint density at radius 2 is 1.52 bits per heavy atom. The normalized spacial score (nSPS) is 11.3. The van der Waals surface area contributed by atoms with Gasteiger partial charge in [0.2, 0.25) is 0 Å². The van der Waals surface area contributed by atoms with Crippen molar-refractivity contribution >= 4 is 0 Å². The zero-order valence-electron chi connectivity index (χ0n) is 11.7. The van der Waals surface area contributed by atoms with Crippen LogP contribution in [0.3, 0.4) is 0 Å². The second kappa shape index (κ2) is 6.04. The quantitative estimate of drug-likeness (QED) is 0.720. The lowest BCUT2D eigenvalue weighted by molar-refractivity contribution is -0.141. The third-order valence-electron chi connectivity index (χ3n) is 2.92. The summed E-state index contributed by atoms with van der Waals surface area (Å²) in [6, 6.07) is 12.7. The molecule has 3 rings (SSSR count). The molecule has 4 nitrogen and oxygen atoms in total. The number of aromatic nitrogens is 3. The van der Waals surface area contributed by atoms with Gasteiger partial charge in [-0.25, -0.2) is 15.0 Å². The third-order valence-corrected chi connectivity index (χ3v) is 2.92. The van der Waals surface area contributed by atoms with Gasteiger partial charge >= 0.3 is 12.2 Å². The lowest BCUT2D eigenvalue weighted by atomic mass is 10.2. The summed E-state index contributed by atoms with van der Waals surface area (Å²) in [7, 11) is 0. The summed E-state index contributed by atoms with van der Waals surface area (Å²) in [5.41, 5.74) is -0.442. The van der Waals surface area contributed by atoms with Crippen LogP contribution in [-0.4, -0.2) is 15.0 Å². The van der Waals surface area contributed by atoms with Gasteiger partial charge in [0.25, 0.3) is 0 Å². The van der Waals surface area contributed by atoms with Crippen molar-refractivity contribution in [1.29, 1.82) is 0 Å². The Bertz CT molecular complexity index is 790. The highest BCUT2D eigenvalue weighted by Gasteiger charge is 2.32. The minimum absolute atomic E-state index is 0.104. The zero-order chi connectivity index (χ0) is 16.3. The Kier molecular flexibility index (Phi) is 3.92. The molecule has 0 bridgehead atoms. The molecular weight excluding hydrogens is 307 g/mol. The fourth-order valence-corrected chi connectivity index (χ4v) is 1.85. The van der Waals surface area contributed by atoms with Crippen LogP contribution < -0.4 is 4.74 Å². The van der Waals surface area contributed by atoms with Crippen LogP contribution in [0, 0.1) is 0 Å². The van der Waals surface area contributed by atoms with Crippen LogP contribution in [0.1, 0.15) is 5.69 Å². The number of hydrogen-bond acceptors (Lipinski definition) is 4. The molecule has 0 aliphatic carbocycles. The first-order valence-corrected chi connectivity index (χ1v) is 6.62. The number of pyridine rings is 1. The molecule has 0 spiro atoms. The SMILES string of the molecule is FC(F)(F)c1cccc(-c2cnc(Oc3ccccc3)nc2)n1. The van der Waals surface area contributed by atoms with Crippen LogP contribution >= 0.6 is 0 Å². The molecular formula is C16H10F3N3O. The van der Waals surface area contributed by atoms with E-state index in [1.165, 1.54) is 24.5 Å². The largest absolute Gasteiger partial charge is 0.433 e. The number of para-hydroxylation sites is 1. The Hall–Kier alpha value is -2.96. The van der Waals surface area contributed by atoms with Crippen LogP contribution in [0.15, 0.2) is 60.9 Å². The fraction of sp³-hybridized carbons (Fsp3) is 0.0625. The van der Waals surface area contributed by atoms with Crippen LogP contribution in [0.5, 0.6) is 11.8 Å². The van der Waals surface area contributed by atoms with E-state index in [0.717, 1.165) is 6.07 Å². The lowest BCUT2D eigenvalue weighted by Crippen LogP contribution is -2.08. The number of nitrogens with zero attached hydrogens (tertiary/aromatic N) is 3. The molecule has 0 radical (unpaired) electrons. The van der Waals surface area contributed by atoms with E-state index in [9.17, 15) is 13.2 Å². The summed E-state index contributed by atoms with van der Waals surface area (Å²) in [6.07, 6.45) is -1.76. The van der Waals surface area contributed by atoms with Gasteiger partial charge in [0.15, 0.2) is 0 Å². The molecule has 1 aromatic carbocycles. The summed E-state index contributed by atoms with van der Waals surface area (Å²) < 4.78 is 43.5. The molecule has 0 aliphatic heterocycles. The van der Waals surface area contributed by atoms with E-state index in [-0.39, 0.29) is 11.7 Å². The average Bonchev–Trinajstić information content (AvgIpc) is 2.56. The van der Waals surface area contributed by atoms with Crippen LogP contribution in [-0.2, 0) is 6.18 Å². The van der Waals surface area contributed by atoms with Gasteiger partial charge in [-0.05, 0) is 24.3 Å². The maximum atomic E-state index is 12.7. The number of benzene rings is 1. The number of ether oxygens (including phenoxy) is 1. The smallest absolute Gasteiger partial charge is 0.424 e. The van der Waals surface area contributed by atoms with Crippen molar-refractivity contribution in [2.75, 3.05) is 0 Å². The summed E-state index contributed by atoms with van der Waals surface area (Å²) in [5.74, 6) is 0.567. The highest BCUT2D eigenvalue weighted by Crippen LogP contribution is 2.29. The van der Waals surface area contributed by atoms with Crippen molar-refractivity contribution in [2.24, 2.45) is 0 Å². The van der Waals surface area contributed by atoms with Gasteiger partial charge in [-0.15, -0.1) is 0 Å². The van der Waals surface area contributed by atoms with Gasteiger partial charge in [0.05, 0.1) is 5.69 Å². The Morgan fingerprint density at radius 1 is 0.826 bits per heavy atom. The van der Waals surface area contributed by atoms with Gasteiger partial charge in [-0.1, -0.05) is 24.3 Å². The van der Waals surface area contributed by atoms with E-state index >= 15 is 0 Å². The molecule has 2 heterocycles. The van der Waals surface area contributed by atoms with E-state index in [2.05, 4.69) is 15.0 Å². The molecule has 0 fully saturated rings. The van der Waals surface area contributed by atoms with Crippen molar-refractivity contribution in [3.8, 4) is 23.0 Å². The van der Waals surface area contributed by atoms with Gasteiger partial charge < -0.3 is 4.74 Å². The predicted octanol–water partition coefficient (Wildman–Crippen LogP) is 4.35. The number of hydrogen-bond donors (Lipinski definition) is 0. The Morgan fingerprint density at radius 3 is 2.17 bits per heavy atom. The highest BCUT2D eigenvalue weighted by atomic mass is 19.4. The average molecular weight is 317 g/mol. The summed E-state index contributed by atoms with van der Waals surface area (Å²) in [4.78, 5) is 11.6. The minimum atomic E-state index is -4.49. The minimum Gasteiger partial charge on any atom is -0.424 e. The van der Waals surface area contributed by atoms with Crippen molar-refractivity contribution in [3.05, 3.63) is 66.6 Å². The van der Waals surface area contributed by atoms with Crippen LogP contribution in [0.25, 0.3) is 11.3 Å². The summed E-state index contributed by atoms with van der Waals surface area (Å²) in [6.45, 7) is 0. The Balaban J connectivity index is 1.82. The molecule has 0 saturated carbocycles. The van der Waals surface area contributed by atoms with E-state index in [0.29, 0.717) is 11.3 Å². The monoisotopic (exact) mass is 317 g/mol. The van der Waals surface area contributed by atoms with E-state index in [4.69, 9.17) is 4.74 Å². The molecule has 23 heavy (non-hydrogen) atoms. The first-order chi connectivity index (χ1) is 11.0. The van der Waals surface area contributed by atoms with Crippen molar-refractivity contribution < 1.29 is 17.9 Å². The van der Waals surface area contributed by atoms with Gasteiger partial charge in [0, 0.05) is 18.0 Å². The first kappa shape index (κ1) is 15.0. The maximum absolute atomic E-state index is 12.7. The van der Waals surface area contributed by atoms with Gasteiger partial charge in [0.1, 0.15) is 11.4 Å². The second-order valence-corrected chi connectivity index (χ2v) is 4.58. The van der Waals surface area contributed by atoms with E-state index < -0.39 is 11.9 Å². The third kappa shape index (κ3) is 3.63. The highest BCUT2D eigenvalue weighted by molar-refractivity contribution is 5.56. The second-order valence-electron chi connectivity index (χ2n) is 4.58. The Labute approximate surface area is 129 Å². The first-order valence-electron chi connectivity index (χ1n) is 6.62. The molecule has 0 saturated heterocycles. The van der Waals surface area contributed by atoms with Crippen LogP contribution in [0.2, 0.25) is 0 Å². The van der Waals surface area contributed by atoms with Crippen LogP contribution in [0.4, 0.5) is 13.2 Å². The van der Waals surface area contributed by atoms with Crippen molar-refractivity contribution in [2.45, 2.75) is 6.18 Å². The van der Waals surface area contributed by atoms with E-state index in [1.807, 2.05) is 6.07 Å². The topological polar surface area (TPSA) is 47.9 Å². The predicted molar refractivity (Wildman–Crippen MR) is 76.8 cm³/mol. The molecule has 0 atom stereocenters. The van der Waals surface area contributed by atoms with Gasteiger partial charge in [-0.2, -0.15) is 13.2 Å². The molecule has 0 N–H and O–H groups in total. The number of rotatable bonds is 3. The number of alkyl halides is 3. The molecule has 2 aromatic heterocycles. The lowest BCUT2D eigenvalue weighted by Gasteiger charge is -2.08. The van der Waals surface area contributed by atoms with Crippen molar-refractivity contribution in [3.63, 3.8) is 0 Å². The summed E-state index contributed by atoms with van der Waals surface area (Å²) >= 11 is 0. The molecule has 0 aliphatic rings. The molecule has 7 heteroatoms. The standard InChI is InChI=1S/C16H10F3N3O/c17-16(18,19)14-8-4-7-13(22-14)11-9-20-15(21-10-11)23-12-5-2-1-3-6-12/h1-10H. The van der Waals surface area contributed by atoms with Gasteiger partial charge in [-0.3, -0.25) is 0 Å². The van der Waals surface area contributed by atoms with Crippen molar-refractivity contribution in [1.82, 2.24) is 15.0 Å². The molecule has 0 unspecified atom stereocenters. The molecule has 3 aromatic rings. The molecule has 116 valence electrons. The zero-order valence-corrected chi connectivity index (χ0v) is 11.7. The maximum Gasteiger partial charge on any atom is 0.433 e. The fourth-order valence-electron chi connectivity index (χ4n) is 1.85. The summed E-state index contributed by atoms with van der Waals surface area (Å²) in [5, 5.41) is 0. The number of halogens is 3.